The fourth-order valence-electron chi connectivity index (χ4n) is 3.39. The number of anilines is 1. The van der Waals surface area contributed by atoms with E-state index in [-0.39, 0.29) is 23.3 Å². The normalized spacial score (nSPS) is 23.9. The quantitative estimate of drug-likeness (QED) is 0.738. The molecule has 2 atom stereocenters. The van der Waals surface area contributed by atoms with Crippen molar-refractivity contribution in [2.24, 2.45) is 0 Å². The van der Waals surface area contributed by atoms with Crippen LogP contribution < -0.4 is 10.2 Å². The van der Waals surface area contributed by atoms with Crippen molar-refractivity contribution in [3.63, 3.8) is 0 Å². The highest BCUT2D eigenvalue weighted by Gasteiger charge is 2.53. The van der Waals surface area contributed by atoms with Crippen LogP contribution in [0.2, 0.25) is 0 Å². The van der Waals surface area contributed by atoms with E-state index in [2.05, 4.69) is 5.32 Å². The van der Waals surface area contributed by atoms with E-state index in [9.17, 15) is 14.4 Å². The Bertz CT molecular complexity index is 737. The van der Waals surface area contributed by atoms with Gasteiger partial charge in [0.2, 0.25) is 5.91 Å². The molecule has 0 spiro atoms. The van der Waals surface area contributed by atoms with E-state index in [4.69, 9.17) is 4.74 Å². The van der Waals surface area contributed by atoms with Gasteiger partial charge in [-0.2, -0.15) is 0 Å². The van der Waals surface area contributed by atoms with Gasteiger partial charge in [-0.05, 0) is 31.0 Å². The topological polar surface area (TPSA) is 79.0 Å². The highest BCUT2D eigenvalue weighted by atomic mass is 32.2. The van der Waals surface area contributed by atoms with Gasteiger partial charge in [0.25, 0.3) is 5.91 Å². The molecule has 2 fully saturated rings. The number of esters is 1. The van der Waals surface area contributed by atoms with Crippen LogP contribution in [0.3, 0.4) is 0 Å². The van der Waals surface area contributed by atoms with Crippen molar-refractivity contribution in [3.05, 3.63) is 29.8 Å². The number of thioether (sulfide) groups is 1. The van der Waals surface area contributed by atoms with Crippen molar-refractivity contribution < 1.29 is 19.1 Å². The number of nitrogens with zero attached hydrogens (tertiary/aromatic N) is 2. The van der Waals surface area contributed by atoms with E-state index in [0.29, 0.717) is 18.7 Å². The average Bonchev–Trinajstić information content (AvgIpc) is 3.14. The number of hydrogen-bond acceptors (Lipinski definition) is 6. The summed E-state index contributed by atoms with van der Waals surface area (Å²) in [5.41, 5.74) is 2.04. The maximum atomic E-state index is 12.3. The number of fused-ring (bicyclic) bond motifs is 1. The summed E-state index contributed by atoms with van der Waals surface area (Å²) in [7, 11) is 3.93. The zero-order chi connectivity index (χ0) is 19.6. The molecule has 8 heteroatoms. The maximum Gasteiger partial charge on any atom is 0.330 e. The summed E-state index contributed by atoms with van der Waals surface area (Å²) in [5, 5.41) is 2.74. The van der Waals surface area contributed by atoms with Gasteiger partial charge in [-0.25, -0.2) is 4.79 Å². The van der Waals surface area contributed by atoms with E-state index in [1.807, 2.05) is 50.2 Å². The second kappa shape index (κ2) is 7.80. The molecule has 7 nitrogen and oxygen atoms in total. The third kappa shape index (κ3) is 4.21. The Kier molecular flexibility index (Phi) is 5.64. The first-order valence-electron chi connectivity index (χ1n) is 8.96. The molecule has 0 unspecified atom stereocenters. The molecular weight excluding hydrogens is 366 g/mol. The van der Waals surface area contributed by atoms with Crippen molar-refractivity contribution in [1.82, 2.24) is 10.2 Å². The molecule has 0 bridgehead atoms. The third-order valence-corrected chi connectivity index (χ3v) is 6.51. The lowest BCUT2D eigenvalue weighted by Gasteiger charge is -2.29. The predicted molar refractivity (Wildman–Crippen MR) is 104 cm³/mol. The second-order valence-corrected chi connectivity index (χ2v) is 8.71. The van der Waals surface area contributed by atoms with Gasteiger partial charge >= 0.3 is 5.97 Å². The van der Waals surface area contributed by atoms with Crippen LogP contribution in [0, 0.1) is 0 Å². The van der Waals surface area contributed by atoms with Crippen LogP contribution in [0.25, 0.3) is 0 Å². The zero-order valence-electron chi connectivity index (χ0n) is 15.9. The van der Waals surface area contributed by atoms with Crippen molar-refractivity contribution in [2.75, 3.05) is 31.4 Å². The first-order valence-corrected chi connectivity index (χ1v) is 9.94. The van der Waals surface area contributed by atoms with E-state index >= 15 is 0 Å². The lowest BCUT2D eigenvalue weighted by molar-refractivity contribution is -0.156. The molecule has 27 heavy (non-hydrogen) atoms. The van der Waals surface area contributed by atoms with Crippen LogP contribution in [0.15, 0.2) is 24.3 Å². The fourth-order valence-corrected chi connectivity index (χ4v) is 4.81. The first kappa shape index (κ1) is 19.5. The fraction of sp³-hybridized carbons (Fsp3) is 0.526. The molecule has 2 amide bonds. The lowest BCUT2D eigenvalue weighted by atomic mass is 10.2. The van der Waals surface area contributed by atoms with Gasteiger partial charge in [-0.15, -0.1) is 11.8 Å². The smallest absolute Gasteiger partial charge is 0.330 e. The van der Waals surface area contributed by atoms with Crippen molar-refractivity contribution in [2.45, 2.75) is 37.2 Å². The molecule has 2 saturated heterocycles. The van der Waals surface area contributed by atoms with E-state index < -0.39 is 12.0 Å². The van der Waals surface area contributed by atoms with Crippen LogP contribution in [0.1, 0.15) is 25.3 Å². The number of hydrogen-bond donors (Lipinski definition) is 1. The number of nitrogens with one attached hydrogen (secondary N) is 1. The van der Waals surface area contributed by atoms with E-state index in [1.165, 1.54) is 0 Å². The van der Waals surface area contributed by atoms with Gasteiger partial charge in [0.15, 0.2) is 6.61 Å². The summed E-state index contributed by atoms with van der Waals surface area (Å²) in [4.78, 5) is 39.7. The SMILES string of the molecule is CN(C)c1ccc(CNC(=O)COC(=O)[C@@H]2CS[C@]3(C)CCC(=O)N23)cc1. The Hall–Kier alpha value is -2.22. The Morgan fingerprint density at radius 2 is 2.04 bits per heavy atom. The molecule has 1 aromatic carbocycles. The summed E-state index contributed by atoms with van der Waals surface area (Å²) in [6.45, 7) is 2.00. The van der Waals surface area contributed by atoms with Crippen LogP contribution in [-0.2, 0) is 25.7 Å². The molecule has 3 rings (SSSR count). The molecule has 0 radical (unpaired) electrons. The highest BCUT2D eigenvalue weighted by Crippen LogP contribution is 2.47. The minimum absolute atomic E-state index is 0.0185. The minimum Gasteiger partial charge on any atom is -0.454 e. The molecular formula is C19H25N3O4S. The van der Waals surface area contributed by atoms with Crippen molar-refractivity contribution in [3.8, 4) is 0 Å². The number of carbonyl (C=O) groups is 3. The number of carbonyl (C=O) groups excluding carboxylic acids is 3. The molecule has 0 aliphatic carbocycles. The van der Waals surface area contributed by atoms with Crippen LogP contribution in [-0.4, -0.2) is 60.1 Å². The monoisotopic (exact) mass is 391 g/mol. The van der Waals surface area contributed by atoms with Crippen molar-refractivity contribution in [1.29, 1.82) is 0 Å². The Balaban J connectivity index is 1.45. The molecule has 2 aliphatic heterocycles. The number of benzene rings is 1. The Morgan fingerprint density at radius 3 is 2.70 bits per heavy atom. The predicted octanol–water partition coefficient (Wildman–Crippen LogP) is 1.37. The van der Waals surface area contributed by atoms with E-state index in [1.54, 1.807) is 16.7 Å². The number of rotatable bonds is 6. The lowest BCUT2D eigenvalue weighted by Crippen LogP contribution is -2.47. The van der Waals surface area contributed by atoms with Crippen molar-refractivity contribution >= 4 is 35.2 Å². The summed E-state index contributed by atoms with van der Waals surface area (Å²) in [6, 6.07) is 7.24. The minimum atomic E-state index is -0.596. The molecule has 146 valence electrons. The largest absolute Gasteiger partial charge is 0.454 e. The van der Waals surface area contributed by atoms with E-state index in [0.717, 1.165) is 17.7 Å². The first-order chi connectivity index (χ1) is 12.8. The van der Waals surface area contributed by atoms with Crippen LogP contribution in [0.4, 0.5) is 5.69 Å². The maximum absolute atomic E-state index is 12.3. The second-order valence-electron chi connectivity index (χ2n) is 7.21. The number of ether oxygens (including phenoxy) is 1. The van der Waals surface area contributed by atoms with Gasteiger partial charge in [0, 0.05) is 38.5 Å². The number of amides is 2. The molecule has 1 aromatic rings. The van der Waals surface area contributed by atoms with Gasteiger partial charge in [0.1, 0.15) is 6.04 Å². The van der Waals surface area contributed by atoms with Gasteiger partial charge < -0.3 is 19.9 Å². The van der Waals surface area contributed by atoms with Gasteiger partial charge in [-0.3, -0.25) is 9.59 Å². The Labute approximate surface area is 163 Å². The van der Waals surface area contributed by atoms with Gasteiger partial charge in [0.05, 0.1) is 4.87 Å². The molecule has 2 aliphatic rings. The summed E-state index contributed by atoms with van der Waals surface area (Å²) < 4.78 is 5.16. The van der Waals surface area contributed by atoms with Gasteiger partial charge in [-0.1, -0.05) is 12.1 Å². The van der Waals surface area contributed by atoms with Crippen LogP contribution >= 0.6 is 11.8 Å². The molecule has 2 heterocycles. The Morgan fingerprint density at radius 1 is 1.33 bits per heavy atom. The summed E-state index contributed by atoms with van der Waals surface area (Å²) in [6.07, 6.45) is 1.20. The molecule has 0 aromatic heterocycles. The zero-order valence-corrected chi connectivity index (χ0v) is 16.7. The summed E-state index contributed by atoms with van der Waals surface area (Å²) in [5.74, 6) is -0.371. The summed E-state index contributed by atoms with van der Waals surface area (Å²) >= 11 is 1.60. The average molecular weight is 391 g/mol. The third-order valence-electron chi connectivity index (χ3n) is 5.00. The highest BCUT2D eigenvalue weighted by molar-refractivity contribution is 8.01. The standard InChI is InChI=1S/C19H25N3O4S/c1-19-9-8-17(24)22(19)15(12-27-19)18(25)26-11-16(23)20-10-13-4-6-14(7-5-13)21(2)3/h4-7,15H,8-12H2,1-3H3,(H,20,23)/t15-,19+/m0/s1. The molecule has 1 N–H and O–H groups in total. The molecule has 0 saturated carbocycles. The van der Waals surface area contributed by atoms with Crippen LogP contribution in [0.5, 0.6) is 0 Å².